The van der Waals surface area contributed by atoms with Crippen LogP contribution in [0.15, 0.2) is 37.2 Å². The normalized spacial score (nSPS) is 11.3. The molecule has 6 nitrogen and oxygen atoms in total. The monoisotopic (exact) mass is 297 g/mol. The highest BCUT2D eigenvalue weighted by Crippen LogP contribution is 2.00. The van der Waals surface area contributed by atoms with E-state index in [1.807, 2.05) is 6.07 Å². The number of hydrogen-bond acceptors (Lipinski definition) is 4. The highest BCUT2D eigenvalue weighted by atomic mass is 32.2. The minimum Gasteiger partial charge on any atom is -0.352 e. The molecule has 0 aliphatic heterocycles. The Morgan fingerprint density at radius 1 is 1.55 bits per heavy atom. The summed E-state index contributed by atoms with van der Waals surface area (Å²) >= 11 is 0. The van der Waals surface area contributed by atoms with Gasteiger partial charge >= 0.3 is 0 Å². The van der Waals surface area contributed by atoms with E-state index < -0.39 is 10.0 Å². The molecule has 1 amide bonds. The van der Waals surface area contributed by atoms with E-state index in [9.17, 15) is 13.2 Å². The van der Waals surface area contributed by atoms with Crippen LogP contribution < -0.4 is 5.32 Å². The van der Waals surface area contributed by atoms with Gasteiger partial charge in [-0.1, -0.05) is 12.1 Å². The number of aromatic nitrogens is 1. The molecule has 0 atom stereocenters. The maximum atomic E-state index is 11.7. The van der Waals surface area contributed by atoms with Gasteiger partial charge in [-0.2, -0.15) is 4.31 Å². The topological polar surface area (TPSA) is 79.4 Å². The van der Waals surface area contributed by atoms with Gasteiger partial charge in [0, 0.05) is 38.4 Å². The van der Waals surface area contributed by atoms with Crippen LogP contribution in [0.5, 0.6) is 0 Å². The minimum atomic E-state index is -3.32. The third-order valence-electron chi connectivity index (χ3n) is 2.60. The molecule has 0 aliphatic carbocycles. The summed E-state index contributed by atoms with van der Waals surface area (Å²) in [6.45, 7) is 4.23. The van der Waals surface area contributed by atoms with Crippen LogP contribution in [0.3, 0.4) is 0 Å². The van der Waals surface area contributed by atoms with Crippen molar-refractivity contribution in [3.05, 3.63) is 42.7 Å². The van der Waals surface area contributed by atoms with Crippen LogP contribution in [0.1, 0.15) is 12.0 Å². The van der Waals surface area contributed by atoms with Crippen LogP contribution in [0.25, 0.3) is 0 Å². The maximum Gasteiger partial charge on any atom is 0.221 e. The second-order valence-corrected chi connectivity index (χ2v) is 6.28. The van der Waals surface area contributed by atoms with E-state index in [-0.39, 0.29) is 25.4 Å². The minimum absolute atomic E-state index is 0.112. The first-order valence-corrected chi connectivity index (χ1v) is 8.00. The van der Waals surface area contributed by atoms with E-state index in [2.05, 4.69) is 16.9 Å². The third kappa shape index (κ3) is 5.94. The van der Waals surface area contributed by atoms with Gasteiger partial charge in [-0.05, 0) is 11.6 Å². The van der Waals surface area contributed by atoms with Gasteiger partial charge in [-0.25, -0.2) is 8.42 Å². The number of nitrogens with zero attached hydrogens (tertiary/aromatic N) is 2. The van der Waals surface area contributed by atoms with Gasteiger partial charge in [0.05, 0.1) is 6.26 Å². The number of sulfonamides is 1. The predicted molar refractivity (Wildman–Crippen MR) is 77.3 cm³/mol. The Bertz CT molecular complexity index is 543. The summed E-state index contributed by atoms with van der Waals surface area (Å²) in [4.78, 5) is 15.6. The van der Waals surface area contributed by atoms with Crippen LogP contribution in [0, 0.1) is 0 Å². The van der Waals surface area contributed by atoms with Crippen molar-refractivity contribution >= 4 is 15.9 Å². The molecule has 1 aromatic rings. The molecule has 0 saturated heterocycles. The standard InChI is InChI=1S/C13H19N3O3S/c1-3-8-16(20(2,18)19)9-6-13(17)15-11-12-5-4-7-14-10-12/h3-5,7,10H,1,6,8-9,11H2,2H3,(H,15,17). The summed E-state index contributed by atoms with van der Waals surface area (Å²) < 4.78 is 24.1. The average Bonchev–Trinajstić information content (AvgIpc) is 2.41. The van der Waals surface area contributed by atoms with Gasteiger partial charge in [0.2, 0.25) is 15.9 Å². The summed E-state index contributed by atoms with van der Waals surface area (Å²) in [5.41, 5.74) is 0.895. The molecule has 0 radical (unpaired) electrons. The number of nitrogens with one attached hydrogen (secondary N) is 1. The van der Waals surface area contributed by atoms with Gasteiger partial charge in [0.1, 0.15) is 0 Å². The zero-order valence-electron chi connectivity index (χ0n) is 11.4. The Hall–Kier alpha value is -1.73. The smallest absolute Gasteiger partial charge is 0.221 e. The van der Waals surface area contributed by atoms with E-state index in [1.165, 1.54) is 10.4 Å². The lowest BCUT2D eigenvalue weighted by atomic mass is 10.3. The Kier molecular flexibility index (Phi) is 6.33. The molecular formula is C13H19N3O3S. The molecule has 0 aromatic carbocycles. The van der Waals surface area contributed by atoms with Gasteiger partial charge in [-0.3, -0.25) is 9.78 Å². The van der Waals surface area contributed by atoms with Crippen LogP contribution >= 0.6 is 0 Å². The van der Waals surface area contributed by atoms with Crippen molar-refractivity contribution in [2.75, 3.05) is 19.3 Å². The Balaban J connectivity index is 2.40. The molecule has 0 saturated carbocycles. The molecule has 1 heterocycles. The molecule has 0 spiro atoms. The first-order valence-electron chi connectivity index (χ1n) is 6.15. The van der Waals surface area contributed by atoms with Crippen LogP contribution in [0.4, 0.5) is 0 Å². The predicted octanol–water partition coefficient (Wildman–Crippen LogP) is 0.535. The van der Waals surface area contributed by atoms with Crippen LogP contribution in [0.2, 0.25) is 0 Å². The van der Waals surface area contributed by atoms with E-state index >= 15 is 0 Å². The summed E-state index contributed by atoms with van der Waals surface area (Å²) in [5.74, 6) is -0.202. The highest BCUT2D eigenvalue weighted by Gasteiger charge is 2.16. The summed E-state index contributed by atoms with van der Waals surface area (Å²) in [7, 11) is -3.32. The Morgan fingerprint density at radius 3 is 2.85 bits per heavy atom. The SMILES string of the molecule is C=CCN(CCC(=O)NCc1cccnc1)S(C)(=O)=O. The number of rotatable bonds is 8. The second kappa shape index (κ2) is 7.76. The van der Waals surface area contributed by atoms with Crippen molar-refractivity contribution in [2.24, 2.45) is 0 Å². The van der Waals surface area contributed by atoms with Crippen molar-refractivity contribution in [3.63, 3.8) is 0 Å². The first kappa shape index (κ1) is 16.3. The molecule has 7 heteroatoms. The van der Waals surface area contributed by atoms with Crippen molar-refractivity contribution in [1.29, 1.82) is 0 Å². The summed E-state index contributed by atoms with van der Waals surface area (Å²) in [5, 5.41) is 2.72. The molecule has 0 fully saturated rings. The lowest BCUT2D eigenvalue weighted by Crippen LogP contribution is -2.34. The van der Waals surface area contributed by atoms with Crippen LogP contribution in [-0.4, -0.2) is 43.0 Å². The molecule has 20 heavy (non-hydrogen) atoms. The van der Waals surface area contributed by atoms with E-state index in [1.54, 1.807) is 18.5 Å². The first-order chi connectivity index (χ1) is 9.43. The molecule has 1 N–H and O–H groups in total. The Morgan fingerprint density at radius 2 is 2.30 bits per heavy atom. The number of hydrogen-bond donors (Lipinski definition) is 1. The second-order valence-electron chi connectivity index (χ2n) is 4.30. The van der Waals surface area contributed by atoms with Gasteiger partial charge in [0.25, 0.3) is 0 Å². The molecule has 0 bridgehead atoms. The molecule has 110 valence electrons. The average molecular weight is 297 g/mol. The van der Waals surface area contributed by atoms with E-state index in [0.717, 1.165) is 11.8 Å². The summed E-state index contributed by atoms with van der Waals surface area (Å²) in [6, 6.07) is 3.64. The van der Waals surface area contributed by atoms with Crippen molar-refractivity contribution in [1.82, 2.24) is 14.6 Å². The molecular weight excluding hydrogens is 278 g/mol. The fourth-order valence-corrected chi connectivity index (χ4v) is 2.35. The van der Waals surface area contributed by atoms with Gasteiger partial charge in [-0.15, -0.1) is 6.58 Å². The fourth-order valence-electron chi connectivity index (χ4n) is 1.55. The summed E-state index contributed by atoms with van der Waals surface area (Å²) in [6.07, 6.45) is 6.05. The Labute approximate surface area is 119 Å². The number of amides is 1. The fraction of sp³-hybridized carbons (Fsp3) is 0.385. The zero-order valence-corrected chi connectivity index (χ0v) is 12.3. The third-order valence-corrected chi connectivity index (χ3v) is 3.87. The molecule has 1 rings (SSSR count). The van der Waals surface area contributed by atoms with Crippen LogP contribution in [-0.2, 0) is 21.4 Å². The largest absolute Gasteiger partial charge is 0.352 e. The molecule has 1 aromatic heterocycles. The van der Waals surface area contributed by atoms with Crippen molar-refractivity contribution in [3.8, 4) is 0 Å². The van der Waals surface area contributed by atoms with E-state index in [4.69, 9.17) is 0 Å². The van der Waals surface area contributed by atoms with Gasteiger partial charge in [0.15, 0.2) is 0 Å². The number of pyridine rings is 1. The molecule has 0 aliphatic rings. The van der Waals surface area contributed by atoms with E-state index in [0.29, 0.717) is 6.54 Å². The lowest BCUT2D eigenvalue weighted by Gasteiger charge is -2.17. The number of carbonyl (C=O) groups is 1. The quantitative estimate of drug-likeness (QED) is 0.710. The molecule has 0 unspecified atom stereocenters. The van der Waals surface area contributed by atoms with Crippen molar-refractivity contribution in [2.45, 2.75) is 13.0 Å². The highest BCUT2D eigenvalue weighted by molar-refractivity contribution is 7.88. The van der Waals surface area contributed by atoms with Gasteiger partial charge < -0.3 is 5.32 Å². The van der Waals surface area contributed by atoms with Crippen molar-refractivity contribution < 1.29 is 13.2 Å². The number of carbonyl (C=O) groups excluding carboxylic acids is 1. The maximum absolute atomic E-state index is 11.7. The lowest BCUT2D eigenvalue weighted by molar-refractivity contribution is -0.121. The zero-order chi connectivity index (χ0) is 15.0.